The molecule has 1 aliphatic rings. The van der Waals surface area contributed by atoms with Crippen LogP contribution < -0.4 is 0 Å². The SMILES string of the molecule is CCC(CC)N1CCN(C(=O)C(C)C)CC1. The van der Waals surface area contributed by atoms with Gasteiger partial charge < -0.3 is 4.90 Å². The molecule has 16 heavy (non-hydrogen) atoms. The molecule has 0 radical (unpaired) electrons. The summed E-state index contributed by atoms with van der Waals surface area (Å²) in [5.74, 6) is 0.448. The lowest BCUT2D eigenvalue weighted by Gasteiger charge is -2.39. The summed E-state index contributed by atoms with van der Waals surface area (Å²) >= 11 is 0. The monoisotopic (exact) mass is 226 g/mol. The Morgan fingerprint density at radius 3 is 1.94 bits per heavy atom. The van der Waals surface area contributed by atoms with Gasteiger partial charge in [-0.25, -0.2) is 0 Å². The van der Waals surface area contributed by atoms with Crippen molar-refractivity contribution in [2.24, 2.45) is 5.92 Å². The first-order valence-corrected chi connectivity index (χ1v) is 6.62. The van der Waals surface area contributed by atoms with Crippen molar-refractivity contribution in [2.45, 2.75) is 46.6 Å². The van der Waals surface area contributed by atoms with Crippen LogP contribution in [-0.2, 0) is 4.79 Å². The highest BCUT2D eigenvalue weighted by Gasteiger charge is 2.25. The zero-order valence-electron chi connectivity index (χ0n) is 11.2. The Balaban J connectivity index is 2.42. The molecule has 3 heteroatoms. The van der Waals surface area contributed by atoms with Gasteiger partial charge in [-0.2, -0.15) is 0 Å². The van der Waals surface area contributed by atoms with Gasteiger partial charge in [0.1, 0.15) is 0 Å². The first-order chi connectivity index (χ1) is 7.60. The molecule has 1 aliphatic heterocycles. The van der Waals surface area contributed by atoms with Crippen LogP contribution in [0.1, 0.15) is 40.5 Å². The van der Waals surface area contributed by atoms with Crippen LogP contribution in [0.5, 0.6) is 0 Å². The molecule has 0 N–H and O–H groups in total. The van der Waals surface area contributed by atoms with E-state index in [1.165, 1.54) is 12.8 Å². The first kappa shape index (κ1) is 13.5. The van der Waals surface area contributed by atoms with Gasteiger partial charge >= 0.3 is 0 Å². The summed E-state index contributed by atoms with van der Waals surface area (Å²) in [6.07, 6.45) is 2.43. The summed E-state index contributed by atoms with van der Waals surface area (Å²) in [6, 6.07) is 0.705. The van der Waals surface area contributed by atoms with E-state index in [0.29, 0.717) is 11.9 Å². The van der Waals surface area contributed by atoms with Crippen molar-refractivity contribution in [3.63, 3.8) is 0 Å². The lowest BCUT2D eigenvalue weighted by Crippen LogP contribution is -2.52. The summed E-state index contributed by atoms with van der Waals surface area (Å²) in [7, 11) is 0. The van der Waals surface area contributed by atoms with E-state index in [1.54, 1.807) is 0 Å². The molecule has 94 valence electrons. The van der Waals surface area contributed by atoms with Crippen molar-refractivity contribution in [1.82, 2.24) is 9.80 Å². The molecule has 1 saturated heterocycles. The lowest BCUT2D eigenvalue weighted by atomic mass is 10.1. The summed E-state index contributed by atoms with van der Waals surface area (Å²) in [4.78, 5) is 16.4. The van der Waals surface area contributed by atoms with Crippen LogP contribution in [0.4, 0.5) is 0 Å². The van der Waals surface area contributed by atoms with E-state index < -0.39 is 0 Å². The van der Waals surface area contributed by atoms with Crippen LogP contribution in [0.2, 0.25) is 0 Å². The predicted octanol–water partition coefficient (Wildman–Crippen LogP) is 1.98. The number of hydrogen-bond acceptors (Lipinski definition) is 2. The van der Waals surface area contributed by atoms with Gasteiger partial charge in [0.15, 0.2) is 0 Å². The van der Waals surface area contributed by atoms with Crippen LogP contribution in [0.25, 0.3) is 0 Å². The number of hydrogen-bond donors (Lipinski definition) is 0. The minimum Gasteiger partial charge on any atom is -0.340 e. The van der Waals surface area contributed by atoms with Gasteiger partial charge in [0.05, 0.1) is 0 Å². The molecule has 1 fully saturated rings. The third kappa shape index (κ3) is 3.21. The van der Waals surface area contributed by atoms with Gasteiger partial charge in [-0.1, -0.05) is 27.7 Å². The Labute approximate surface area is 99.8 Å². The Hall–Kier alpha value is -0.570. The molecular formula is C13H26N2O. The fourth-order valence-electron chi connectivity index (χ4n) is 2.48. The Morgan fingerprint density at radius 2 is 1.56 bits per heavy atom. The molecular weight excluding hydrogens is 200 g/mol. The van der Waals surface area contributed by atoms with Crippen molar-refractivity contribution >= 4 is 5.91 Å². The number of rotatable bonds is 4. The number of carbonyl (C=O) groups excluding carboxylic acids is 1. The molecule has 0 bridgehead atoms. The van der Waals surface area contributed by atoms with Crippen LogP contribution in [0.3, 0.4) is 0 Å². The average molecular weight is 226 g/mol. The molecule has 0 aromatic heterocycles. The molecule has 1 heterocycles. The minimum absolute atomic E-state index is 0.139. The Kier molecular flexibility index (Phi) is 5.26. The van der Waals surface area contributed by atoms with Crippen molar-refractivity contribution in [2.75, 3.05) is 26.2 Å². The van der Waals surface area contributed by atoms with E-state index in [2.05, 4.69) is 18.7 Å². The largest absolute Gasteiger partial charge is 0.340 e. The molecule has 0 saturated carbocycles. The maximum atomic E-state index is 11.8. The van der Waals surface area contributed by atoms with Gasteiger partial charge in [-0.3, -0.25) is 9.69 Å². The highest BCUT2D eigenvalue weighted by atomic mass is 16.2. The molecule has 0 aromatic rings. The smallest absolute Gasteiger partial charge is 0.225 e. The van der Waals surface area contributed by atoms with E-state index >= 15 is 0 Å². The number of piperazine rings is 1. The molecule has 1 rings (SSSR count). The summed E-state index contributed by atoms with van der Waals surface area (Å²) in [5.41, 5.74) is 0. The number of nitrogens with zero attached hydrogens (tertiary/aromatic N) is 2. The zero-order chi connectivity index (χ0) is 12.1. The molecule has 0 atom stereocenters. The third-order valence-corrected chi connectivity index (χ3v) is 3.58. The maximum Gasteiger partial charge on any atom is 0.225 e. The topological polar surface area (TPSA) is 23.6 Å². The molecule has 0 aromatic carbocycles. The molecule has 0 unspecified atom stereocenters. The summed E-state index contributed by atoms with van der Waals surface area (Å²) < 4.78 is 0. The van der Waals surface area contributed by atoms with Crippen molar-refractivity contribution in [1.29, 1.82) is 0 Å². The summed E-state index contributed by atoms with van der Waals surface area (Å²) in [5, 5.41) is 0. The van der Waals surface area contributed by atoms with Crippen LogP contribution in [0.15, 0.2) is 0 Å². The quantitative estimate of drug-likeness (QED) is 0.732. The highest BCUT2D eigenvalue weighted by molar-refractivity contribution is 5.78. The second-order valence-corrected chi connectivity index (χ2v) is 4.99. The fraction of sp³-hybridized carbons (Fsp3) is 0.923. The Morgan fingerprint density at radius 1 is 1.06 bits per heavy atom. The van der Waals surface area contributed by atoms with Crippen molar-refractivity contribution in [3.8, 4) is 0 Å². The van der Waals surface area contributed by atoms with Crippen LogP contribution in [-0.4, -0.2) is 47.9 Å². The van der Waals surface area contributed by atoms with Gasteiger partial charge in [0.25, 0.3) is 0 Å². The van der Waals surface area contributed by atoms with E-state index in [0.717, 1.165) is 26.2 Å². The zero-order valence-corrected chi connectivity index (χ0v) is 11.2. The van der Waals surface area contributed by atoms with Crippen LogP contribution in [0, 0.1) is 5.92 Å². The normalized spacial score (nSPS) is 18.5. The van der Waals surface area contributed by atoms with E-state index in [4.69, 9.17) is 0 Å². The second-order valence-electron chi connectivity index (χ2n) is 4.99. The average Bonchev–Trinajstić information content (AvgIpc) is 2.30. The maximum absolute atomic E-state index is 11.8. The van der Waals surface area contributed by atoms with Crippen molar-refractivity contribution < 1.29 is 4.79 Å². The van der Waals surface area contributed by atoms with Gasteiger partial charge in [0, 0.05) is 38.1 Å². The minimum atomic E-state index is 0.139. The van der Waals surface area contributed by atoms with Crippen LogP contribution >= 0.6 is 0 Å². The number of amides is 1. The first-order valence-electron chi connectivity index (χ1n) is 6.62. The lowest BCUT2D eigenvalue weighted by molar-refractivity contribution is -0.136. The van der Waals surface area contributed by atoms with E-state index in [9.17, 15) is 4.79 Å². The Bertz CT molecular complexity index is 216. The second kappa shape index (κ2) is 6.24. The standard InChI is InChI=1S/C13H26N2O/c1-5-12(6-2)14-7-9-15(10-8-14)13(16)11(3)4/h11-12H,5-10H2,1-4H3. The molecule has 0 aliphatic carbocycles. The van der Waals surface area contributed by atoms with Gasteiger partial charge in [-0.05, 0) is 12.8 Å². The summed E-state index contributed by atoms with van der Waals surface area (Å²) in [6.45, 7) is 12.4. The molecule has 0 spiro atoms. The fourth-order valence-corrected chi connectivity index (χ4v) is 2.48. The third-order valence-electron chi connectivity index (χ3n) is 3.58. The van der Waals surface area contributed by atoms with Crippen molar-refractivity contribution in [3.05, 3.63) is 0 Å². The predicted molar refractivity (Wildman–Crippen MR) is 67.4 cm³/mol. The van der Waals surface area contributed by atoms with Gasteiger partial charge in [-0.15, -0.1) is 0 Å². The molecule has 3 nitrogen and oxygen atoms in total. The highest BCUT2D eigenvalue weighted by Crippen LogP contribution is 2.13. The van der Waals surface area contributed by atoms with E-state index in [1.807, 2.05) is 18.7 Å². The molecule has 1 amide bonds. The van der Waals surface area contributed by atoms with E-state index in [-0.39, 0.29) is 5.92 Å². The van der Waals surface area contributed by atoms with Gasteiger partial charge in [0.2, 0.25) is 5.91 Å². The number of carbonyl (C=O) groups is 1.